The van der Waals surface area contributed by atoms with Crippen molar-refractivity contribution >= 4 is 51.9 Å². The van der Waals surface area contributed by atoms with Crippen LogP contribution in [0, 0.1) is 0 Å². The van der Waals surface area contributed by atoms with Crippen LogP contribution in [0.15, 0.2) is 218 Å². The first kappa shape index (κ1) is 33.6. The van der Waals surface area contributed by atoms with Crippen molar-refractivity contribution in [1.29, 1.82) is 0 Å². The maximum atomic E-state index is 5.13. The van der Waals surface area contributed by atoms with E-state index in [1.165, 1.54) is 48.3 Å². The van der Waals surface area contributed by atoms with E-state index in [0.717, 1.165) is 16.7 Å². The van der Waals surface area contributed by atoms with Gasteiger partial charge in [-0.1, -0.05) is 235 Å². The highest BCUT2D eigenvalue weighted by molar-refractivity contribution is 7.20. The lowest BCUT2D eigenvalue weighted by molar-refractivity contribution is 1.07. The van der Waals surface area contributed by atoms with E-state index in [1.54, 1.807) is 0 Å². The molecule has 0 atom stereocenters. The Balaban J connectivity index is 1.17. The fraction of sp³-hybridized carbons (Fsp3) is 0. The Morgan fingerprint density at radius 3 is 1.18 bits per heavy atom. The molecule has 0 spiro atoms. The molecule has 9 aromatic rings. The van der Waals surface area contributed by atoms with E-state index in [4.69, 9.17) is 15.0 Å². The van der Waals surface area contributed by atoms with E-state index < -0.39 is 8.07 Å². The van der Waals surface area contributed by atoms with Gasteiger partial charge in [0.2, 0.25) is 6.71 Å². The van der Waals surface area contributed by atoms with Crippen molar-refractivity contribution in [1.82, 2.24) is 15.0 Å². The predicted molar refractivity (Wildman–Crippen MR) is 236 cm³/mol. The predicted octanol–water partition coefficient (Wildman–Crippen LogP) is 6.75. The molecule has 0 aliphatic carbocycles. The number of rotatable bonds is 8. The minimum absolute atomic E-state index is 0.186. The molecule has 0 bridgehead atoms. The van der Waals surface area contributed by atoms with Gasteiger partial charge in [0, 0.05) is 16.7 Å². The smallest absolute Gasteiger partial charge is 0.208 e. The van der Waals surface area contributed by atoms with Gasteiger partial charge in [0.05, 0.1) is 0 Å². The second kappa shape index (κ2) is 14.4. The molecule has 1 aliphatic heterocycles. The Kier molecular flexibility index (Phi) is 8.62. The molecule has 3 nitrogen and oxygen atoms in total. The van der Waals surface area contributed by atoms with Crippen LogP contribution in [-0.4, -0.2) is 29.7 Å². The van der Waals surface area contributed by atoms with Gasteiger partial charge in [0.1, 0.15) is 0 Å². The zero-order valence-electron chi connectivity index (χ0n) is 30.7. The molecule has 2 heterocycles. The highest BCUT2D eigenvalue weighted by atomic mass is 28.3. The third kappa shape index (κ3) is 5.81. The van der Waals surface area contributed by atoms with Crippen molar-refractivity contribution in [2.45, 2.75) is 0 Å². The van der Waals surface area contributed by atoms with Gasteiger partial charge in [-0.2, -0.15) is 0 Å². The van der Waals surface area contributed by atoms with Gasteiger partial charge in [-0.3, -0.25) is 0 Å². The van der Waals surface area contributed by atoms with Gasteiger partial charge in [-0.25, -0.2) is 15.0 Å². The summed E-state index contributed by atoms with van der Waals surface area (Å²) in [6.07, 6.45) is 0. The fourth-order valence-electron chi connectivity index (χ4n) is 8.65. The van der Waals surface area contributed by atoms with Crippen LogP contribution in [0.5, 0.6) is 0 Å². The molecule has 8 aromatic carbocycles. The van der Waals surface area contributed by atoms with E-state index in [1.807, 2.05) is 36.4 Å². The zero-order chi connectivity index (χ0) is 37.3. The maximum absolute atomic E-state index is 5.13. The van der Waals surface area contributed by atoms with Gasteiger partial charge in [0.25, 0.3) is 0 Å². The van der Waals surface area contributed by atoms with E-state index >= 15 is 0 Å². The van der Waals surface area contributed by atoms with Gasteiger partial charge >= 0.3 is 0 Å². The Morgan fingerprint density at radius 2 is 0.679 bits per heavy atom. The second-order valence-electron chi connectivity index (χ2n) is 14.3. The summed E-state index contributed by atoms with van der Waals surface area (Å²) in [6.45, 7) is 0.186. The average Bonchev–Trinajstić information content (AvgIpc) is 3.63. The quantitative estimate of drug-likeness (QED) is 0.129. The molecule has 1 aromatic heterocycles. The molecular weight excluding hydrogens is 693 g/mol. The van der Waals surface area contributed by atoms with Gasteiger partial charge in [0.15, 0.2) is 25.5 Å². The largest absolute Gasteiger partial charge is 0.242 e. The van der Waals surface area contributed by atoms with Gasteiger partial charge in [-0.05, 0) is 31.9 Å². The van der Waals surface area contributed by atoms with Gasteiger partial charge in [-0.15, -0.1) is 0 Å². The Morgan fingerprint density at radius 1 is 0.304 bits per heavy atom. The molecule has 0 unspecified atom stereocenters. The van der Waals surface area contributed by atoms with Crippen LogP contribution in [0.25, 0.3) is 45.3 Å². The summed E-state index contributed by atoms with van der Waals surface area (Å²) in [4.78, 5) is 15.2. The number of fused-ring (bicyclic) bond motifs is 3. The highest BCUT2D eigenvalue weighted by Gasteiger charge is 2.42. The van der Waals surface area contributed by atoms with Crippen LogP contribution < -0.4 is 37.1 Å². The molecule has 0 N–H and O–H groups in total. The standard InChI is InChI=1S/C51H36BN3Si/c1-5-18-37(19-6-1)49-53-50(38-20-7-2-8-21-38)55-51(54-49)39-22-17-27-44(36-39)56(41-23-9-3-10-24-41,42-25-11-4-12-26-42)43-34-32-40(33-35-43)52-47-30-15-13-28-45(47)46-29-14-16-31-48(46)52/h1-36H. The number of hydrogen-bond acceptors (Lipinski definition) is 3. The van der Waals surface area contributed by atoms with Crippen LogP contribution in [0.1, 0.15) is 0 Å². The fourth-order valence-corrected chi connectivity index (χ4v) is 13.4. The normalized spacial score (nSPS) is 11.9. The molecule has 0 saturated carbocycles. The van der Waals surface area contributed by atoms with Crippen LogP contribution in [0.2, 0.25) is 0 Å². The SMILES string of the molecule is c1ccc(-c2nc(-c3ccccc3)nc(-c3cccc([Si](c4ccccc4)(c4ccccc4)c4ccc(B5c6ccccc6-c6ccccc65)cc4)c3)n2)cc1. The summed E-state index contributed by atoms with van der Waals surface area (Å²) in [5, 5.41) is 5.22. The molecule has 262 valence electrons. The molecule has 1 aliphatic rings. The van der Waals surface area contributed by atoms with Crippen molar-refractivity contribution in [3.8, 4) is 45.3 Å². The molecule has 5 heteroatoms. The number of nitrogens with zero attached hydrogens (tertiary/aromatic N) is 3. The summed E-state index contributed by atoms with van der Waals surface area (Å²) in [6, 6.07) is 78.8. The lowest BCUT2D eigenvalue weighted by atomic mass is 9.39. The first-order valence-electron chi connectivity index (χ1n) is 19.1. The second-order valence-corrected chi connectivity index (χ2v) is 18.1. The first-order valence-corrected chi connectivity index (χ1v) is 21.1. The topological polar surface area (TPSA) is 38.7 Å². The summed E-state index contributed by atoms with van der Waals surface area (Å²) in [5.74, 6) is 1.96. The van der Waals surface area contributed by atoms with Crippen LogP contribution in [-0.2, 0) is 0 Å². The Bertz CT molecular complexity index is 2650. The third-order valence-electron chi connectivity index (χ3n) is 11.2. The van der Waals surface area contributed by atoms with E-state index in [9.17, 15) is 0 Å². The summed E-state index contributed by atoms with van der Waals surface area (Å²) in [5.41, 5.74) is 9.56. The maximum Gasteiger partial charge on any atom is 0.242 e. The van der Waals surface area contributed by atoms with Crippen molar-refractivity contribution < 1.29 is 0 Å². The van der Waals surface area contributed by atoms with Gasteiger partial charge < -0.3 is 0 Å². The molecule has 0 saturated heterocycles. The average molecular weight is 730 g/mol. The number of hydrogen-bond donors (Lipinski definition) is 0. The summed E-state index contributed by atoms with van der Waals surface area (Å²) >= 11 is 0. The number of aromatic nitrogens is 3. The monoisotopic (exact) mass is 729 g/mol. The highest BCUT2D eigenvalue weighted by Crippen LogP contribution is 2.26. The lowest BCUT2D eigenvalue weighted by Crippen LogP contribution is -2.74. The molecule has 0 fully saturated rings. The first-order chi connectivity index (χ1) is 27.8. The molecule has 10 rings (SSSR count). The van der Waals surface area contributed by atoms with Crippen LogP contribution >= 0.6 is 0 Å². The Labute approximate surface area is 329 Å². The van der Waals surface area contributed by atoms with Crippen molar-refractivity contribution in [2.75, 3.05) is 0 Å². The Hall–Kier alpha value is -6.95. The molecule has 0 radical (unpaired) electrons. The lowest BCUT2D eigenvalue weighted by Gasteiger charge is -2.35. The minimum atomic E-state index is -2.90. The van der Waals surface area contributed by atoms with E-state index in [2.05, 4.69) is 182 Å². The van der Waals surface area contributed by atoms with Crippen LogP contribution in [0.4, 0.5) is 0 Å². The molecule has 0 amide bonds. The minimum Gasteiger partial charge on any atom is -0.208 e. The third-order valence-corrected chi connectivity index (χ3v) is 16.0. The van der Waals surface area contributed by atoms with Crippen molar-refractivity contribution in [3.05, 3.63) is 218 Å². The molecular formula is C51H36BN3Si. The van der Waals surface area contributed by atoms with Crippen molar-refractivity contribution in [2.24, 2.45) is 0 Å². The molecule has 56 heavy (non-hydrogen) atoms. The van der Waals surface area contributed by atoms with E-state index in [-0.39, 0.29) is 6.71 Å². The summed E-state index contributed by atoms with van der Waals surface area (Å²) in [7, 11) is -2.90. The van der Waals surface area contributed by atoms with E-state index in [0.29, 0.717) is 17.5 Å². The summed E-state index contributed by atoms with van der Waals surface area (Å²) < 4.78 is 0. The number of benzene rings is 8. The zero-order valence-corrected chi connectivity index (χ0v) is 31.7. The van der Waals surface area contributed by atoms with Crippen molar-refractivity contribution in [3.63, 3.8) is 0 Å². The van der Waals surface area contributed by atoms with Crippen LogP contribution in [0.3, 0.4) is 0 Å².